The number of hydrogen-bond donors (Lipinski definition) is 1. The van der Waals surface area contributed by atoms with E-state index in [0.29, 0.717) is 31.7 Å². The van der Waals surface area contributed by atoms with E-state index in [2.05, 4.69) is 5.32 Å². The highest BCUT2D eigenvalue weighted by molar-refractivity contribution is 5.96. The van der Waals surface area contributed by atoms with E-state index in [0.717, 1.165) is 11.1 Å². The molecule has 2 aromatic rings. The number of methoxy groups -OCH3 is 1. The molecule has 1 saturated heterocycles. The maximum atomic E-state index is 12.6. The van der Waals surface area contributed by atoms with Crippen molar-refractivity contribution in [1.82, 2.24) is 10.2 Å². The smallest absolute Gasteiger partial charge is 0.251 e. The molecule has 1 fully saturated rings. The van der Waals surface area contributed by atoms with Crippen LogP contribution in [0.1, 0.15) is 27.9 Å². The van der Waals surface area contributed by atoms with E-state index in [9.17, 15) is 9.59 Å². The van der Waals surface area contributed by atoms with Crippen molar-refractivity contribution >= 4 is 11.8 Å². The first-order chi connectivity index (χ1) is 12.2. The molecule has 0 saturated carbocycles. The lowest BCUT2D eigenvalue weighted by molar-refractivity contribution is -0.128. The maximum absolute atomic E-state index is 12.6. The van der Waals surface area contributed by atoms with Gasteiger partial charge in [-0.3, -0.25) is 9.59 Å². The Morgan fingerprint density at radius 3 is 2.64 bits per heavy atom. The van der Waals surface area contributed by atoms with Crippen LogP contribution in [0.25, 0.3) is 0 Å². The van der Waals surface area contributed by atoms with Gasteiger partial charge in [-0.05, 0) is 17.2 Å². The molecule has 5 heteroatoms. The second-order valence-electron chi connectivity index (χ2n) is 6.22. The highest BCUT2D eigenvalue weighted by atomic mass is 16.5. The van der Waals surface area contributed by atoms with Crippen molar-refractivity contribution in [2.24, 2.45) is 0 Å². The Kier molecular flexibility index (Phi) is 5.46. The van der Waals surface area contributed by atoms with Gasteiger partial charge >= 0.3 is 0 Å². The minimum atomic E-state index is -0.167. The van der Waals surface area contributed by atoms with E-state index in [1.165, 1.54) is 0 Å². The summed E-state index contributed by atoms with van der Waals surface area (Å²) in [6.45, 7) is 1.49. The molecule has 1 N–H and O–H groups in total. The van der Waals surface area contributed by atoms with Gasteiger partial charge in [-0.15, -0.1) is 0 Å². The van der Waals surface area contributed by atoms with Crippen LogP contribution in [0.2, 0.25) is 0 Å². The second-order valence-corrected chi connectivity index (χ2v) is 6.22. The zero-order chi connectivity index (χ0) is 17.6. The Balaban J connectivity index is 1.62. The fourth-order valence-electron chi connectivity index (χ4n) is 3.11. The number of rotatable bonds is 6. The maximum Gasteiger partial charge on any atom is 0.251 e. The first kappa shape index (κ1) is 17.2. The topological polar surface area (TPSA) is 58.6 Å². The molecule has 3 rings (SSSR count). The van der Waals surface area contributed by atoms with Gasteiger partial charge in [0.1, 0.15) is 0 Å². The van der Waals surface area contributed by atoms with Crippen LogP contribution in [0.15, 0.2) is 54.6 Å². The van der Waals surface area contributed by atoms with Gasteiger partial charge in [-0.25, -0.2) is 0 Å². The number of likely N-dealkylation sites (tertiary alicyclic amines) is 1. The quantitative estimate of drug-likeness (QED) is 0.880. The van der Waals surface area contributed by atoms with E-state index in [1.807, 2.05) is 48.5 Å². The third-order valence-corrected chi connectivity index (χ3v) is 4.33. The molecule has 0 bridgehead atoms. The molecule has 0 aliphatic carbocycles. The fourth-order valence-corrected chi connectivity index (χ4v) is 3.11. The zero-order valence-corrected chi connectivity index (χ0v) is 14.3. The summed E-state index contributed by atoms with van der Waals surface area (Å²) >= 11 is 0. The minimum absolute atomic E-state index is 0.0688. The minimum Gasteiger partial charge on any atom is -0.380 e. The summed E-state index contributed by atoms with van der Waals surface area (Å²) < 4.78 is 5.15. The van der Waals surface area contributed by atoms with Crippen LogP contribution >= 0.6 is 0 Å². The molecule has 0 spiro atoms. The number of nitrogens with zero attached hydrogens (tertiary/aromatic N) is 1. The molecule has 1 aliphatic rings. The van der Waals surface area contributed by atoms with Gasteiger partial charge in [0.05, 0.1) is 12.6 Å². The monoisotopic (exact) mass is 338 g/mol. The highest BCUT2D eigenvalue weighted by Gasteiger charge is 2.31. The Morgan fingerprint density at radius 1 is 1.16 bits per heavy atom. The van der Waals surface area contributed by atoms with Crippen molar-refractivity contribution in [3.05, 3.63) is 71.3 Å². The molecule has 2 aromatic carbocycles. The summed E-state index contributed by atoms with van der Waals surface area (Å²) in [4.78, 5) is 26.6. The Hall–Kier alpha value is -2.66. The van der Waals surface area contributed by atoms with Crippen LogP contribution in [0.5, 0.6) is 0 Å². The molecule has 5 nitrogen and oxygen atoms in total. The Morgan fingerprint density at radius 2 is 1.88 bits per heavy atom. The standard InChI is InChI=1S/C20H22N2O3/c1-25-14-16-9-5-6-10-18(16)20(24)21-17-11-19(23)22(13-17)12-15-7-3-2-4-8-15/h2-10,17H,11-14H2,1H3,(H,21,24). The molecule has 2 amide bonds. The molecule has 1 unspecified atom stereocenters. The molecular formula is C20H22N2O3. The van der Waals surface area contributed by atoms with Gasteiger partial charge in [-0.2, -0.15) is 0 Å². The lowest BCUT2D eigenvalue weighted by atomic mass is 10.1. The first-order valence-corrected chi connectivity index (χ1v) is 8.37. The molecule has 1 atom stereocenters. The van der Waals surface area contributed by atoms with Crippen LogP contribution < -0.4 is 5.32 Å². The van der Waals surface area contributed by atoms with Crippen LogP contribution in [0, 0.1) is 0 Å². The van der Waals surface area contributed by atoms with Gasteiger partial charge < -0.3 is 15.0 Å². The number of carbonyl (C=O) groups excluding carboxylic acids is 2. The molecule has 1 heterocycles. The number of ether oxygens (including phenoxy) is 1. The summed E-state index contributed by atoms with van der Waals surface area (Å²) in [5.41, 5.74) is 2.53. The lowest BCUT2D eigenvalue weighted by Gasteiger charge is -2.17. The molecular weight excluding hydrogens is 316 g/mol. The largest absolute Gasteiger partial charge is 0.380 e. The van der Waals surface area contributed by atoms with Crippen molar-refractivity contribution in [2.45, 2.75) is 25.6 Å². The Labute approximate surface area is 147 Å². The van der Waals surface area contributed by atoms with Gasteiger partial charge in [0.15, 0.2) is 0 Å². The summed E-state index contributed by atoms with van der Waals surface area (Å²) in [7, 11) is 1.60. The van der Waals surface area contributed by atoms with Crippen LogP contribution in [0.3, 0.4) is 0 Å². The predicted octanol–water partition coefficient (Wildman–Crippen LogP) is 2.36. The second kappa shape index (κ2) is 7.94. The summed E-state index contributed by atoms with van der Waals surface area (Å²) in [6.07, 6.45) is 0.338. The van der Waals surface area contributed by atoms with Crippen molar-refractivity contribution in [1.29, 1.82) is 0 Å². The van der Waals surface area contributed by atoms with Crippen LogP contribution in [-0.4, -0.2) is 36.4 Å². The van der Waals surface area contributed by atoms with E-state index in [4.69, 9.17) is 4.74 Å². The molecule has 0 aromatic heterocycles. The molecule has 25 heavy (non-hydrogen) atoms. The van der Waals surface area contributed by atoms with Gasteiger partial charge in [0.2, 0.25) is 5.91 Å². The van der Waals surface area contributed by atoms with Gasteiger partial charge in [0.25, 0.3) is 5.91 Å². The number of benzene rings is 2. The number of hydrogen-bond acceptors (Lipinski definition) is 3. The molecule has 0 radical (unpaired) electrons. The number of carbonyl (C=O) groups is 2. The summed E-state index contributed by atoms with van der Waals surface area (Å²) in [6, 6.07) is 17.1. The van der Waals surface area contributed by atoms with Crippen molar-refractivity contribution < 1.29 is 14.3 Å². The predicted molar refractivity (Wildman–Crippen MR) is 94.9 cm³/mol. The average molecular weight is 338 g/mol. The van der Waals surface area contributed by atoms with E-state index < -0.39 is 0 Å². The van der Waals surface area contributed by atoms with Crippen LogP contribution in [-0.2, 0) is 22.7 Å². The summed E-state index contributed by atoms with van der Waals surface area (Å²) in [5.74, 6) is -0.0914. The van der Waals surface area contributed by atoms with E-state index in [1.54, 1.807) is 18.1 Å². The molecule has 130 valence electrons. The highest BCUT2D eigenvalue weighted by Crippen LogP contribution is 2.16. The first-order valence-electron chi connectivity index (χ1n) is 8.37. The van der Waals surface area contributed by atoms with E-state index in [-0.39, 0.29) is 17.9 Å². The fraction of sp³-hybridized carbons (Fsp3) is 0.300. The normalized spacial score (nSPS) is 16.9. The lowest BCUT2D eigenvalue weighted by Crippen LogP contribution is -2.37. The van der Waals surface area contributed by atoms with Crippen LogP contribution in [0.4, 0.5) is 0 Å². The number of amides is 2. The Bertz CT molecular complexity index is 746. The third-order valence-electron chi connectivity index (χ3n) is 4.33. The number of nitrogens with one attached hydrogen (secondary N) is 1. The van der Waals surface area contributed by atoms with Crippen molar-refractivity contribution in [2.75, 3.05) is 13.7 Å². The average Bonchev–Trinajstić information content (AvgIpc) is 2.95. The van der Waals surface area contributed by atoms with E-state index >= 15 is 0 Å². The van der Waals surface area contributed by atoms with Gasteiger partial charge in [-0.1, -0.05) is 48.5 Å². The van der Waals surface area contributed by atoms with Crippen molar-refractivity contribution in [3.63, 3.8) is 0 Å². The third kappa shape index (κ3) is 4.25. The SMILES string of the molecule is COCc1ccccc1C(=O)NC1CC(=O)N(Cc2ccccc2)C1. The van der Waals surface area contributed by atoms with Crippen molar-refractivity contribution in [3.8, 4) is 0 Å². The zero-order valence-electron chi connectivity index (χ0n) is 14.3. The molecule has 1 aliphatic heterocycles. The summed E-state index contributed by atoms with van der Waals surface area (Å²) in [5, 5.41) is 2.98. The van der Waals surface area contributed by atoms with Gasteiger partial charge in [0, 0.05) is 32.2 Å².